The minimum absolute atomic E-state index is 0.0906. The second-order valence-electron chi connectivity index (χ2n) is 5.74. The number of aryl methyl sites for hydroxylation is 2. The molecular weight excluding hydrogens is 309 g/mol. The maximum Gasteiger partial charge on any atom is 0.130 e. The van der Waals surface area contributed by atoms with Gasteiger partial charge in [0.1, 0.15) is 11.6 Å². The van der Waals surface area contributed by atoms with E-state index in [0.29, 0.717) is 0 Å². The first kappa shape index (κ1) is 15.9. The van der Waals surface area contributed by atoms with E-state index in [9.17, 15) is 4.39 Å². The highest BCUT2D eigenvalue weighted by atomic mass is 32.1. The van der Waals surface area contributed by atoms with E-state index in [2.05, 4.69) is 35.6 Å². The third kappa shape index (κ3) is 3.35. The number of nitrogens with zero attached hydrogens (tertiary/aromatic N) is 2. The largest absolute Gasteiger partial charge is 0.336 e. The van der Waals surface area contributed by atoms with Gasteiger partial charge in [-0.1, -0.05) is 12.1 Å². The number of thiophene rings is 1. The highest BCUT2D eigenvalue weighted by Crippen LogP contribution is 2.29. The van der Waals surface area contributed by atoms with Gasteiger partial charge in [0.05, 0.1) is 6.04 Å². The minimum Gasteiger partial charge on any atom is -0.336 e. The lowest BCUT2D eigenvalue weighted by atomic mass is 10.0. The van der Waals surface area contributed by atoms with Gasteiger partial charge in [-0.15, -0.1) is 11.3 Å². The summed E-state index contributed by atoms with van der Waals surface area (Å²) in [6.07, 6.45) is 3.71. The average Bonchev–Trinajstić information content (AvgIpc) is 3.14. The van der Waals surface area contributed by atoms with E-state index in [1.54, 1.807) is 17.5 Å². The number of hydrogen-bond acceptors (Lipinski definition) is 3. The lowest BCUT2D eigenvalue weighted by molar-refractivity contribution is 0.492. The third-order valence-electron chi connectivity index (χ3n) is 4.03. The van der Waals surface area contributed by atoms with Gasteiger partial charge in [-0.25, -0.2) is 9.37 Å². The van der Waals surface area contributed by atoms with E-state index in [0.717, 1.165) is 11.4 Å². The van der Waals surface area contributed by atoms with E-state index in [4.69, 9.17) is 0 Å². The van der Waals surface area contributed by atoms with Gasteiger partial charge in [-0.3, -0.25) is 5.32 Å². The highest BCUT2D eigenvalue weighted by molar-refractivity contribution is 7.10. The fraction of sp³-hybridized carbons (Fsp3) is 0.278. The summed E-state index contributed by atoms with van der Waals surface area (Å²) < 4.78 is 15.3. The number of rotatable bonds is 5. The van der Waals surface area contributed by atoms with Crippen molar-refractivity contribution < 1.29 is 4.39 Å². The second kappa shape index (κ2) is 6.64. The molecule has 120 valence electrons. The normalized spacial score (nSPS) is 13.9. The molecule has 5 heteroatoms. The van der Waals surface area contributed by atoms with Gasteiger partial charge in [0, 0.05) is 30.4 Å². The van der Waals surface area contributed by atoms with Crippen molar-refractivity contribution in [1.29, 1.82) is 0 Å². The molecule has 0 bridgehead atoms. The average molecular weight is 329 g/mol. The van der Waals surface area contributed by atoms with Crippen LogP contribution in [0, 0.1) is 12.7 Å². The first-order valence-corrected chi connectivity index (χ1v) is 8.47. The molecule has 3 aromatic rings. The molecule has 1 aromatic carbocycles. The summed E-state index contributed by atoms with van der Waals surface area (Å²) in [7, 11) is 1.97. The molecule has 0 aliphatic heterocycles. The predicted octanol–water partition coefficient (Wildman–Crippen LogP) is 4.37. The van der Waals surface area contributed by atoms with Crippen LogP contribution in [0.5, 0.6) is 0 Å². The summed E-state index contributed by atoms with van der Waals surface area (Å²) in [6, 6.07) is 8.84. The Morgan fingerprint density at radius 1 is 1.22 bits per heavy atom. The Balaban J connectivity index is 1.94. The van der Waals surface area contributed by atoms with Crippen LogP contribution in [0.2, 0.25) is 0 Å². The Kier molecular flexibility index (Phi) is 4.59. The van der Waals surface area contributed by atoms with E-state index in [-0.39, 0.29) is 17.9 Å². The molecule has 0 saturated carbocycles. The van der Waals surface area contributed by atoms with Crippen molar-refractivity contribution in [3.8, 4) is 0 Å². The number of benzene rings is 1. The third-order valence-corrected chi connectivity index (χ3v) is 5.23. The molecule has 2 aromatic heterocycles. The highest BCUT2D eigenvalue weighted by Gasteiger charge is 2.22. The van der Waals surface area contributed by atoms with Crippen molar-refractivity contribution in [2.75, 3.05) is 0 Å². The second-order valence-corrected chi connectivity index (χ2v) is 6.68. The molecule has 1 N–H and O–H groups in total. The zero-order valence-electron chi connectivity index (χ0n) is 13.5. The Morgan fingerprint density at radius 3 is 2.52 bits per heavy atom. The number of aromatic nitrogens is 2. The zero-order chi connectivity index (χ0) is 16.4. The van der Waals surface area contributed by atoms with E-state index >= 15 is 0 Å². The SMILES string of the molecule is Cc1ccsc1C(C)NC(c1ccc(F)cc1)c1nccn1C. The fourth-order valence-electron chi connectivity index (χ4n) is 2.78. The standard InChI is InChI=1S/C18H20FN3S/c1-12-8-11-23-17(12)13(2)21-16(18-20-9-10-22(18)3)14-4-6-15(19)7-5-14/h4-11,13,16,21H,1-3H3. The van der Waals surface area contributed by atoms with Crippen LogP contribution >= 0.6 is 11.3 Å². The Morgan fingerprint density at radius 2 is 1.96 bits per heavy atom. The van der Waals surface area contributed by atoms with Crippen molar-refractivity contribution in [3.63, 3.8) is 0 Å². The van der Waals surface area contributed by atoms with Crippen LogP contribution in [0.25, 0.3) is 0 Å². The smallest absolute Gasteiger partial charge is 0.130 e. The topological polar surface area (TPSA) is 29.9 Å². The molecule has 0 fully saturated rings. The van der Waals surface area contributed by atoms with Crippen LogP contribution in [0.15, 0.2) is 48.1 Å². The van der Waals surface area contributed by atoms with Crippen LogP contribution in [0.4, 0.5) is 4.39 Å². The van der Waals surface area contributed by atoms with Crippen LogP contribution in [0.1, 0.15) is 40.8 Å². The maximum atomic E-state index is 13.3. The molecule has 0 aliphatic carbocycles. The first-order valence-electron chi connectivity index (χ1n) is 7.59. The van der Waals surface area contributed by atoms with E-state index in [1.807, 2.05) is 29.9 Å². The molecule has 0 spiro atoms. The molecule has 3 nitrogen and oxygen atoms in total. The summed E-state index contributed by atoms with van der Waals surface area (Å²) in [5, 5.41) is 5.75. The lowest BCUT2D eigenvalue weighted by Gasteiger charge is -2.23. The van der Waals surface area contributed by atoms with Gasteiger partial charge in [-0.2, -0.15) is 0 Å². The Hall–Kier alpha value is -1.98. The molecule has 3 rings (SSSR count). The van der Waals surface area contributed by atoms with Gasteiger partial charge < -0.3 is 4.57 Å². The molecule has 0 amide bonds. The van der Waals surface area contributed by atoms with Crippen molar-refractivity contribution in [1.82, 2.24) is 14.9 Å². The van der Waals surface area contributed by atoms with E-state index in [1.165, 1.54) is 22.6 Å². The summed E-state index contributed by atoms with van der Waals surface area (Å²) in [4.78, 5) is 5.79. The molecule has 23 heavy (non-hydrogen) atoms. The number of nitrogens with one attached hydrogen (secondary N) is 1. The van der Waals surface area contributed by atoms with Crippen LogP contribution < -0.4 is 5.32 Å². The van der Waals surface area contributed by atoms with Crippen LogP contribution in [0.3, 0.4) is 0 Å². The predicted molar refractivity (Wildman–Crippen MR) is 92.1 cm³/mol. The molecule has 0 saturated heterocycles. The molecule has 2 unspecified atom stereocenters. The van der Waals surface area contributed by atoms with Crippen LogP contribution in [-0.4, -0.2) is 9.55 Å². The summed E-state index contributed by atoms with van der Waals surface area (Å²) in [6.45, 7) is 4.27. The lowest BCUT2D eigenvalue weighted by Crippen LogP contribution is -2.27. The fourth-order valence-corrected chi connectivity index (χ4v) is 3.73. The van der Waals surface area contributed by atoms with Crippen LogP contribution in [-0.2, 0) is 7.05 Å². The van der Waals surface area contributed by atoms with Crippen molar-refractivity contribution in [2.45, 2.75) is 25.9 Å². The summed E-state index contributed by atoms with van der Waals surface area (Å²) in [5.41, 5.74) is 2.29. The zero-order valence-corrected chi connectivity index (χ0v) is 14.3. The van der Waals surface area contributed by atoms with Gasteiger partial charge in [-0.05, 0) is 48.6 Å². The van der Waals surface area contributed by atoms with E-state index < -0.39 is 0 Å². The first-order chi connectivity index (χ1) is 11.1. The molecule has 0 radical (unpaired) electrons. The van der Waals surface area contributed by atoms with Gasteiger partial charge >= 0.3 is 0 Å². The Labute approximate surface area is 139 Å². The summed E-state index contributed by atoms with van der Waals surface area (Å²) >= 11 is 1.75. The van der Waals surface area contributed by atoms with Gasteiger partial charge in [0.2, 0.25) is 0 Å². The van der Waals surface area contributed by atoms with Gasteiger partial charge in [0.15, 0.2) is 0 Å². The van der Waals surface area contributed by atoms with Gasteiger partial charge in [0.25, 0.3) is 0 Å². The molecule has 0 aliphatic rings. The maximum absolute atomic E-state index is 13.3. The molecule has 2 heterocycles. The minimum atomic E-state index is -0.227. The molecule has 2 atom stereocenters. The monoisotopic (exact) mass is 329 g/mol. The summed E-state index contributed by atoms with van der Waals surface area (Å²) in [5.74, 6) is 0.687. The number of halogens is 1. The quantitative estimate of drug-likeness (QED) is 0.753. The molecular formula is C18H20FN3S. The number of hydrogen-bond donors (Lipinski definition) is 1. The number of imidazole rings is 1. The Bertz CT molecular complexity index is 776. The van der Waals surface area contributed by atoms with Crippen molar-refractivity contribution in [3.05, 3.63) is 75.8 Å². The van der Waals surface area contributed by atoms with Crippen molar-refractivity contribution >= 4 is 11.3 Å². The van der Waals surface area contributed by atoms with Crippen molar-refractivity contribution in [2.24, 2.45) is 7.05 Å².